The lowest BCUT2D eigenvalue weighted by Gasteiger charge is -2.16. The van der Waals surface area contributed by atoms with E-state index >= 15 is 0 Å². The van der Waals surface area contributed by atoms with Crippen LogP contribution in [0.4, 0.5) is 0 Å². The molecule has 0 aliphatic carbocycles. The molecule has 3 nitrogen and oxygen atoms in total. The number of aryl methyl sites for hydroxylation is 2. The quantitative estimate of drug-likeness (QED) is 0.894. The minimum Gasteiger partial charge on any atom is -0.313 e. The zero-order chi connectivity index (χ0) is 13.0. The Kier molecular flexibility index (Phi) is 4.05. The van der Waals surface area contributed by atoms with Crippen LogP contribution in [0, 0.1) is 13.8 Å². The van der Waals surface area contributed by atoms with Crippen molar-refractivity contribution in [2.24, 2.45) is 0 Å². The van der Waals surface area contributed by atoms with Crippen molar-refractivity contribution in [2.45, 2.75) is 26.3 Å². The Hall–Kier alpha value is -1.74. The Morgan fingerprint density at radius 3 is 2.56 bits per heavy atom. The topological polar surface area (TPSA) is 37.8 Å². The van der Waals surface area contributed by atoms with Crippen LogP contribution in [0.1, 0.15) is 28.3 Å². The van der Waals surface area contributed by atoms with Gasteiger partial charge >= 0.3 is 0 Å². The predicted molar refractivity (Wildman–Crippen MR) is 73.5 cm³/mol. The van der Waals surface area contributed by atoms with Crippen LogP contribution in [0.15, 0.2) is 36.7 Å². The minimum atomic E-state index is 0.280. The number of nitrogens with one attached hydrogen (secondary N) is 1. The highest BCUT2D eigenvalue weighted by molar-refractivity contribution is 5.31. The Morgan fingerprint density at radius 2 is 1.94 bits per heavy atom. The van der Waals surface area contributed by atoms with Crippen LogP contribution in [-0.2, 0) is 6.42 Å². The third-order valence-electron chi connectivity index (χ3n) is 3.37. The average molecular weight is 241 g/mol. The van der Waals surface area contributed by atoms with Crippen LogP contribution in [0.3, 0.4) is 0 Å². The SMILES string of the molecule is CNC(Cc1ccc(C)c(C)c1)c1ccnnc1. The van der Waals surface area contributed by atoms with E-state index in [9.17, 15) is 0 Å². The van der Waals surface area contributed by atoms with E-state index in [1.165, 1.54) is 22.3 Å². The molecule has 0 amide bonds. The van der Waals surface area contributed by atoms with Gasteiger partial charge in [-0.1, -0.05) is 18.2 Å². The molecule has 1 unspecified atom stereocenters. The number of hydrogen-bond acceptors (Lipinski definition) is 3. The Labute approximate surface area is 108 Å². The van der Waals surface area contributed by atoms with Gasteiger partial charge in [0, 0.05) is 12.2 Å². The number of rotatable bonds is 4. The summed E-state index contributed by atoms with van der Waals surface area (Å²) in [6.07, 6.45) is 4.52. The third kappa shape index (κ3) is 2.93. The molecule has 0 saturated carbocycles. The van der Waals surface area contributed by atoms with E-state index in [4.69, 9.17) is 0 Å². The predicted octanol–water partition coefficient (Wildman–Crippen LogP) is 2.60. The number of likely N-dealkylation sites (N-methyl/N-ethyl adjacent to an activating group) is 1. The van der Waals surface area contributed by atoms with E-state index in [-0.39, 0.29) is 6.04 Å². The van der Waals surface area contributed by atoms with Gasteiger partial charge in [-0.3, -0.25) is 0 Å². The van der Waals surface area contributed by atoms with E-state index in [1.54, 1.807) is 6.20 Å². The minimum absolute atomic E-state index is 0.280. The molecule has 1 aromatic carbocycles. The van der Waals surface area contributed by atoms with E-state index in [2.05, 4.69) is 47.6 Å². The molecule has 0 fully saturated rings. The fourth-order valence-electron chi connectivity index (χ4n) is 2.06. The summed E-state index contributed by atoms with van der Waals surface area (Å²) in [6, 6.07) is 8.93. The molecule has 1 N–H and O–H groups in total. The summed E-state index contributed by atoms with van der Waals surface area (Å²) < 4.78 is 0. The Morgan fingerprint density at radius 1 is 1.11 bits per heavy atom. The van der Waals surface area contributed by atoms with Gasteiger partial charge in [-0.25, -0.2) is 0 Å². The van der Waals surface area contributed by atoms with Crippen molar-refractivity contribution < 1.29 is 0 Å². The highest BCUT2D eigenvalue weighted by Gasteiger charge is 2.10. The van der Waals surface area contributed by atoms with Gasteiger partial charge < -0.3 is 5.32 Å². The molecule has 94 valence electrons. The second kappa shape index (κ2) is 5.74. The van der Waals surface area contributed by atoms with Crippen molar-refractivity contribution in [3.63, 3.8) is 0 Å². The molecule has 2 aromatic rings. The van der Waals surface area contributed by atoms with Gasteiger partial charge in [0.05, 0.1) is 6.20 Å². The Bertz CT molecular complexity index is 508. The fraction of sp³-hybridized carbons (Fsp3) is 0.333. The van der Waals surface area contributed by atoms with Crippen LogP contribution < -0.4 is 5.32 Å². The third-order valence-corrected chi connectivity index (χ3v) is 3.37. The van der Waals surface area contributed by atoms with Crippen molar-refractivity contribution >= 4 is 0 Å². The summed E-state index contributed by atoms with van der Waals surface area (Å²) in [5, 5.41) is 11.1. The fourth-order valence-corrected chi connectivity index (χ4v) is 2.06. The van der Waals surface area contributed by atoms with Gasteiger partial charge in [0.15, 0.2) is 0 Å². The van der Waals surface area contributed by atoms with Gasteiger partial charge in [0.1, 0.15) is 0 Å². The molecule has 0 radical (unpaired) electrons. The lowest BCUT2D eigenvalue weighted by atomic mass is 9.98. The lowest BCUT2D eigenvalue weighted by Crippen LogP contribution is -2.19. The molecule has 1 heterocycles. The molecule has 18 heavy (non-hydrogen) atoms. The van der Waals surface area contributed by atoms with Gasteiger partial charge in [-0.15, -0.1) is 0 Å². The molecular formula is C15H19N3. The van der Waals surface area contributed by atoms with Crippen molar-refractivity contribution in [2.75, 3.05) is 7.05 Å². The molecule has 3 heteroatoms. The van der Waals surface area contributed by atoms with E-state index < -0.39 is 0 Å². The maximum Gasteiger partial charge on any atom is 0.0544 e. The highest BCUT2D eigenvalue weighted by atomic mass is 15.1. The highest BCUT2D eigenvalue weighted by Crippen LogP contribution is 2.18. The molecule has 0 spiro atoms. The maximum atomic E-state index is 3.94. The molecule has 0 bridgehead atoms. The maximum absolute atomic E-state index is 3.94. The van der Waals surface area contributed by atoms with Crippen LogP contribution in [0.25, 0.3) is 0 Å². The summed E-state index contributed by atoms with van der Waals surface area (Å²) in [5.74, 6) is 0. The van der Waals surface area contributed by atoms with Crippen molar-refractivity contribution in [1.82, 2.24) is 15.5 Å². The van der Waals surface area contributed by atoms with E-state index in [1.807, 2.05) is 19.3 Å². The van der Waals surface area contributed by atoms with Crippen LogP contribution >= 0.6 is 0 Å². The Balaban J connectivity index is 2.18. The largest absolute Gasteiger partial charge is 0.313 e. The molecular weight excluding hydrogens is 222 g/mol. The first-order valence-electron chi connectivity index (χ1n) is 6.20. The molecule has 0 saturated heterocycles. The first-order chi connectivity index (χ1) is 8.70. The average Bonchev–Trinajstić information content (AvgIpc) is 2.41. The summed E-state index contributed by atoms with van der Waals surface area (Å²) in [4.78, 5) is 0. The smallest absolute Gasteiger partial charge is 0.0544 e. The number of benzene rings is 1. The van der Waals surface area contributed by atoms with Gasteiger partial charge in [-0.05, 0) is 55.6 Å². The van der Waals surface area contributed by atoms with Crippen molar-refractivity contribution in [1.29, 1.82) is 0 Å². The zero-order valence-electron chi connectivity index (χ0n) is 11.1. The second-order valence-electron chi connectivity index (χ2n) is 4.64. The molecule has 0 aliphatic rings. The van der Waals surface area contributed by atoms with E-state index in [0.29, 0.717) is 0 Å². The molecule has 1 aromatic heterocycles. The van der Waals surface area contributed by atoms with Crippen molar-refractivity contribution in [3.05, 3.63) is 58.9 Å². The lowest BCUT2D eigenvalue weighted by molar-refractivity contribution is 0.587. The summed E-state index contributed by atoms with van der Waals surface area (Å²) in [6.45, 7) is 4.29. The van der Waals surface area contributed by atoms with Crippen LogP contribution in [0.5, 0.6) is 0 Å². The second-order valence-corrected chi connectivity index (χ2v) is 4.64. The monoisotopic (exact) mass is 241 g/mol. The normalized spacial score (nSPS) is 12.4. The molecule has 0 aliphatic heterocycles. The van der Waals surface area contributed by atoms with Gasteiger partial charge in [-0.2, -0.15) is 10.2 Å². The van der Waals surface area contributed by atoms with Crippen LogP contribution in [-0.4, -0.2) is 17.2 Å². The summed E-state index contributed by atoms with van der Waals surface area (Å²) >= 11 is 0. The van der Waals surface area contributed by atoms with Gasteiger partial charge in [0.25, 0.3) is 0 Å². The standard InChI is InChI=1S/C15H19N3/c1-11-4-5-13(8-12(11)2)9-15(16-3)14-6-7-17-18-10-14/h4-8,10,15-16H,9H2,1-3H3. The zero-order valence-corrected chi connectivity index (χ0v) is 11.1. The first-order valence-corrected chi connectivity index (χ1v) is 6.20. The first kappa shape index (κ1) is 12.7. The number of hydrogen-bond donors (Lipinski definition) is 1. The van der Waals surface area contributed by atoms with Gasteiger partial charge in [0.2, 0.25) is 0 Å². The summed E-state index contributed by atoms with van der Waals surface area (Å²) in [7, 11) is 1.98. The van der Waals surface area contributed by atoms with Crippen LogP contribution in [0.2, 0.25) is 0 Å². The number of aromatic nitrogens is 2. The number of nitrogens with zero attached hydrogens (tertiary/aromatic N) is 2. The summed E-state index contributed by atoms with van der Waals surface area (Å²) in [5.41, 5.74) is 5.19. The molecule has 2 rings (SSSR count). The van der Waals surface area contributed by atoms with Crippen molar-refractivity contribution in [3.8, 4) is 0 Å². The molecule has 1 atom stereocenters. The van der Waals surface area contributed by atoms with E-state index in [0.717, 1.165) is 6.42 Å².